The molecule has 1 saturated carbocycles. The maximum absolute atomic E-state index is 12.9. The van der Waals surface area contributed by atoms with Crippen LogP contribution in [0.15, 0.2) is 58.9 Å². The number of nitrogens with zero attached hydrogens (tertiary/aromatic N) is 3. The van der Waals surface area contributed by atoms with Gasteiger partial charge in [-0.25, -0.2) is 4.68 Å². The van der Waals surface area contributed by atoms with E-state index in [0.29, 0.717) is 22.3 Å². The Morgan fingerprint density at radius 1 is 1.24 bits per heavy atom. The third-order valence-corrected chi connectivity index (χ3v) is 7.02. The van der Waals surface area contributed by atoms with Gasteiger partial charge in [0, 0.05) is 12.6 Å². The molecule has 2 aromatic carbocycles. The fraction of sp³-hybridized carbons (Fsp3) is 0.286. The maximum atomic E-state index is 12.9. The topological polar surface area (TPSA) is 47.4 Å². The van der Waals surface area contributed by atoms with Gasteiger partial charge in [0.1, 0.15) is 5.75 Å². The molecule has 0 N–H and O–H groups in total. The summed E-state index contributed by atoms with van der Waals surface area (Å²) in [6, 6.07) is 18.1. The van der Waals surface area contributed by atoms with Crippen LogP contribution in [0.2, 0.25) is 0 Å². The molecule has 0 aliphatic heterocycles. The second-order valence-electron chi connectivity index (χ2n) is 6.77. The van der Waals surface area contributed by atoms with E-state index in [2.05, 4.69) is 5.10 Å². The number of hydrogen-bond donors (Lipinski definition) is 0. The van der Waals surface area contributed by atoms with Crippen molar-refractivity contribution in [1.82, 2.24) is 14.7 Å². The monoisotopic (exact) mass is 443 g/mol. The molecule has 1 aliphatic rings. The summed E-state index contributed by atoms with van der Waals surface area (Å²) < 4.78 is 8.46. The van der Waals surface area contributed by atoms with E-state index in [-0.39, 0.29) is 5.91 Å². The third-order valence-electron chi connectivity index (χ3n) is 4.67. The minimum absolute atomic E-state index is 0.140. The van der Waals surface area contributed by atoms with Crippen molar-refractivity contribution in [3.05, 3.63) is 64.1 Å². The molecular weight excluding hydrogens is 422 g/mol. The summed E-state index contributed by atoms with van der Waals surface area (Å²) in [5, 5.41) is 4.58. The lowest BCUT2D eigenvalue weighted by Gasteiger charge is -2.22. The van der Waals surface area contributed by atoms with Gasteiger partial charge in [-0.3, -0.25) is 4.79 Å². The second-order valence-corrected chi connectivity index (χ2v) is 9.62. The molecule has 1 fully saturated rings. The lowest BCUT2D eigenvalue weighted by atomic mass is 10.2. The quantitative estimate of drug-likeness (QED) is 0.364. The first-order valence-electron chi connectivity index (χ1n) is 9.35. The van der Waals surface area contributed by atoms with Crippen molar-refractivity contribution in [2.24, 2.45) is 0 Å². The van der Waals surface area contributed by atoms with Crippen molar-refractivity contribution in [2.75, 3.05) is 12.9 Å². The van der Waals surface area contributed by atoms with Gasteiger partial charge in [-0.05, 0) is 54.9 Å². The standard InChI is InChI=1S/C21H21N3O2S3/c1-26-18-11-7-15(8-12-18)13-23(16-9-10-16)19(25)14-28-20-22-24(21(27)29-20)17-5-3-2-4-6-17/h2-8,11-12,16H,9-10,13-14H2,1H3. The SMILES string of the molecule is COc1ccc(CN(C(=O)CSc2nn(-c3ccccc3)c(=S)s2)C2CC2)cc1. The van der Waals surface area contributed by atoms with Crippen molar-refractivity contribution in [2.45, 2.75) is 29.8 Å². The zero-order valence-corrected chi connectivity index (χ0v) is 18.4. The minimum atomic E-state index is 0.140. The van der Waals surface area contributed by atoms with Crippen molar-refractivity contribution < 1.29 is 9.53 Å². The highest BCUT2D eigenvalue weighted by Gasteiger charge is 2.32. The summed E-state index contributed by atoms with van der Waals surface area (Å²) in [5.74, 6) is 1.33. The van der Waals surface area contributed by atoms with Gasteiger partial charge in [0.2, 0.25) is 5.91 Å². The number of benzene rings is 2. The molecule has 1 amide bonds. The molecule has 1 heterocycles. The molecule has 4 rings (SSSR count). The lowest BCUT2D eigenvalue weighted by Crippen LogP contribution is -2.33. The minimum Gasteiger partial charge on any atom is -0.497 e. The van der Waals surface area contributed by atoms with Gasteiger partial charge in [-0.1, -0.05) is 53.4 Å². The zero-order valence-electron chi connectivity index (χ0n) is 16.0. The Kier molecular flexibility index (Phi) is 6.32. The van der Waals surface area contributed by atoms with Crippen LogP contribution in [0.1, 0.15) is 18.4 Å². The third kappa shape index (κ3) is 5.07. The number of carbonyl (C=O) groups is 1. The Bertz CT molecular complexity index is 1030. The Balaban J connectivity index is 1.40. The van der Waals surface area contributed by atoms with Crippen LogP contribution in [0.5, 0.6) is 5.75 Å². The fourth-order valence-corrected chi connectivity index (χ4v) is 5.24. The van der Waals surface area contributed by atoms with Gasteiger partial charge in [-0.15, -0.1) is 5.10 Å². The zero-order chi connectivity index (χ0) is 20.2. The van der Waals surface area contributed by atoms with E-state index >= 15 is 0 Å². The molecule has 0 bridgehead atoms. The molecule has 3 aromatic rings. The number of carbonyl (C=O) groups excluding carboxylic acids is 1. The van der Waals surface area contributed by atoms with Crippen molar-refractivity contribution in [3.8, 4) is 11.4 Å². The molecule has 0 spiro atoms. The van der Waals surface area contributed by atoms with Gasteiger partial charge in [0.25, 0.3) is 0 Å². The molecular formula is C21H21N3O2S3. The first kappa shape index (κ1) is 20.1. The molecule has 29 heavy (non-hydrogen) atoms. The molecule has 1 aliphatic carbocycles. The van der Waals surface area contributed by atoms with Gasteiger partial charge < -0.3 is 9.64 Å². The van der Waals surface area contributed by atoms with Gasteiger partial charge in [0.15, 0.2) is 8.29 Å². The Morgan fingerprint density at radius 3 is 2.62 bits per heavy atom. The summed E-state index contributed by atoms with van der Waals surface area (Å²) in [6.07, 6.45) is 2.16. The largest absolute Gasteiger partial charge is 0.497 e. The maximum Gasteiger partial charge on any atom is 0.233 e. The van der Waals surface area contributed by atoms with Crippen molar-refractivity contribution >= 4 is 41.2 Å². The average Bonchev–Trinajstić information content (AvgIpc) is 3.53. The molecule has 0 radical (unpaired) electrons. The molecule has 150 valence electrons. The van der Waals surface area contributed by atoms with Crippen molar-refractivity contribution in [3.63, 3.8) is 0 Å². The van der Waals surface area contributed by atoms with E-state index in [0.717, 1.165) is 34.2 Å². The predicted octanol–water partition coefficient (Wildman–Crippen LogP) is 4.96. The molecule has 1 aromatic heterocycles. The number of amides is 1. The van der Waals surface area contributed by atoms with Gasteiger partial charge >= 0.3 is 0 Å². The summed E-state index contributed by atoms with van der Waals surface area (Å²) in [7, 11) is 1.65. The van der Waals surface area contributed by atoms with Gasteiger partial charge in [-0.2, -0.15) is 0 Å². The normalized spacial score (nSPS) is 13.3. The average molecular weight is 444 g/mol. The van der Waals surface area contributed by atoms with E-state index in [1.54, 1.807) is 11.8 Å². The fourth-order valence-electron chi connectivity index (χ4n) is 2.99. The van der Waals surface area contributed by atoms with Crippen LogP contribution < -0.4 is 4.74 Å². The van der Waals surface area contributed by atoms with E-state index in [4.69, 9.17) is 17.0 Å². The van der Waals surface area contributed by atoms with E-state index in [1.165, 1.54) is 23.1 Å². The van der Waals surface area contributed by atoms with Crippen LogP contribution in [0.3, 0.4) is 0 Å². The van der Waals surface area contributed by atoms with Crippen LogP contribution in [0.25, 0.3) is 5.69 Å². The number of methoxy groups -OCH3 is 1. The number of aromatic nitrogens is 2. The highest BCUT2D eigenvalue weighted by atomic mass is 32.2. The molecule has 0 unspecified atom stereocenters. The van der Waals surface area contributed by atoms with Gasteiger partial charge in [0.05, 0.1) is 18.6 Å². The molecule has 8 heteroatoms. The summed E-state index contributed by atoms with van der Waals surface area (Å²) >= 11 is 8.34. The van der Waals surface area contributed by atoms with Crippen LogP contribution in [-0.2, 0) is 11.3 Å². The van der Waals surface area contributed by atoms with E-state index < -0.39 is 0 Å². The first-order chi connectivity index (χ1) is 14.1. The van der Waals surface area contributed by atoms with Crippen LogP contribution >= 0.6 is 35.3 Å². The number of rotatable bonds is 8. The Hall–Kier alpha value is -2.16. The van der Waals surface area contributed by atoms with Crippen LogP contribution in [-0.4, -0.2) is 39.5 Å². The molecule has 5 nitrogen and oxygen atoms in total. The summed E-state index contributed by atoms with van der Waals surface area (Å²) in [6.45, 7) is 0.627. The van der Waals surface area contributed by atoms with E-state index in [9.17, 15) is 4.79 Å². The highest BCUT2D eigenvalue weighted by molar-refractivity contribution is 8.01. The number of para-hydroxylation sites is 1. The predicted molar refractivity (Wildman–Crippen MR) is 120 cm³/mol. The number of ether oxygens (including phenoxy) is 1. The molecule has 0 atom stereocenters. The lowest BCUT2D eigenvalue weighted by molar-refractivity contribution is -0.129. The highest BCUT2D eigenvalue weighted by Crippen LogP contribution is 2.31. The summed E-state index contributed by atoms with van der Waals surface area (Å²) in [5.41, 5.74) is 2.05. The van der Waals surface area contributed by atoms with E-state index in [1.807, 2.05) is 59.5 Å². The smallest absolute Gasteiger partial charge is 0.233 e. The van der Waals surface area contributed by atoms with Crippen LogP contribution in [0, 0.1) is 3.95 Å². The Morgan fingerprint density at radius 2 is 1.97 bits per heavy atom. The van der Waals surface area contributed by atoms with Crippen LogP contribution in [0.4, 0.5) is 0 Å². The second kappa shape index (κ2) is 9.11. The molecule has 0 saturated heterocycles. The van der Waals surface area contributed by atoms with Crippen molar-refractivity contribution in [1.29, 1.82) is 0 Å². The Labute approximate surface area is 183 Å². The summed E-state index contributed by atoms with van der Waals surface area (Å²) in [4.78, 5) is 14.9. The number of thioether (sulfide) groups is 1. The first-order valence-corrected chi connectivity index (χ1v) is 11.6. The number of hydrogen-bond acceptors (Lipinski definition) is 6.